The Labute approximate surface area is 112 Å². The average molecular weight is 266 g/mol. The van der Waals surface area contributed by atoms with Gasteiger partial charge >= 0.3 is 5.97 Å². The van der Waals surface area contributed by atoms with Crippen molar-refractivity contribution in [3.63, 3.8) is 0 Å². The monoisotopic (exact) mass is 266 g/mol. The molecule has 0 heterocycles. The van der Waals surface area contributed by atoms with Crippen LogP contribution in [0, 0.1) is 12.8 Å². The van der Waals surface area contributed by atoms with E-state index in [1.807, 2.05) is 0 Å². The molecule has 0 bridgehead atoms. The maximum atomic E-state index is 12.2. The zero-order valence-electron chi connectivity index (χ0n) is 11.5. The molecule has 19 heavy (non-hydrogen) atoms. The fourth-order valence-electron chi connectivity index (χ4n) is 1.83. The Balaban J connectivity index is 3.12. The number of Topliss-reactive ketones (excluding diaryl/α,β-unsaturated/α-hetero) is 1. The molecule has 0 saturated carbocycles. The first-order valence-corrected chi connectivity index (χ1v) is 5.89. The third-order valence-corrected chi connectivity index (χ3v) is 2.92. The number of methoxy groups -OCH3 is 2. The van der Waals surface area contributed by atoms with Crippen LogP contribution in [0.25, 0.3) is 0 Å². The van der Waals surface area contributed by atoms with Crippen molar-refractivity contribution in [2.24, 2.45) is 5.92 Å². The summed E-state index contributed by atoms with van der Waals surface area (Å²) in [6, 6.07) is 3.34. The van der Waals surface area contributed by atoms with Crippen molar-refractivity contribution >= 4 is 11.8 Å². The summed E-state index contributed by atoms with van der Waals surface area (Å²) >= 11 is 0. The summed E-state index contributed by atoms with van der Waals surface area (Å²) in [4.78, 5) is 23.0. The van der Waals surface area contributed by atoms with Gasteiger partial charge in [0.25, 0.3) is 0 Å². The first-order valence-electron chi connectivity index (χ1n) is 5.89. The van der Waals surface area contributed by atoms with Crippen LogP contribution in [-0.4, -0.2) is 31.1 Å². The van der Waals surface area contributed by atoms with Gasteiger partial charge in [0, 0.05) is 12.5 Å². The summed E-state index contributed by atoms with van der Waals surface area (Å²) in [5, 5.41) is 8.85. The number of rotatable bonds is 6. The topological polar surface area (TPSA) is 72.8 Å². The average Bonchev–Trinajstić information content (AvgIpc) is 2.36. The predicted octanol–water partition coefficient (Wildman–Crippen LogP) is 2.31. The number of ether oxygens (including phenoxy) is 2. The molecular formula is C14H18O5. The van der Waals surface area contributed by atoms with E-state index in [9.17, 15) is 9.59 Å². The number of benzene rings is 1. The third kappa shape index (κ3) is 3.47. The van der Waals surface area contributed by atoms with Gasteiger partial charge in [0.2, 0.25) is 0 Å². The summed E-state index contributed by atoms with van der Waals surface area (Å²) in [6.07, 6.45) is -0.0567. The lowest BCUT2D eigenvalue weighted by atomic mass is 9.96. The fraction of sp³-hybridized carbons (Fsp3) is 0.429. The van der Waals surface area contributed by atoms with Crippen molar-refractivity contribution in [1.29, 1.82) is 0 Å². The van der Waals surface area contributed by atoms with Crippen molar-refractivity contribution in [3.8, 4) is 11.5 Å². The number of hydrogen-bond donors (Lipinski definition) is 1. The molecule has 0 amide bonds. The van der Waals surface area contributed by atoms with Gasteiger partial charge in [-0.05, 0) is 18.6 Å². The van der Waals surface area contributed by atoms with Crippen LogP contribution < -0.4 is 9.47 Å². The molecule has 0 aliphatic rings. The lowest BCUT2D eigenvalue weighted by Gasteiger charge is -2.14. The molecule has 0 aliphatic heterocycles. The molecule has 0 spiro atoms. The van der Waals surface area contributed by atoms with E-state index in [1.54, 1.807) is 19.1 Å². The molecule has 0 fully saturated rings. The van der Waals surface area contributed by atoms with Gasteiger partial charge in [-0.1, -0.05) is 6.92 Å². The summed E-state index contributed by atoms with van der Waals surface area (Å²) in [7, 11) is 2.99. The second-order valence-corrected chi connectivity index (χ2v) is 4.39. The highest BCUT2D eigenvalue weighted by molar-refractivity contribution is 6.01. The van der Waals surface area contributed by atoms with E-state index in [0.717, 1.165) is 0 Å². The number of carbonyl (C=O) groups excluding carboxylic acids is 1. The smallest absolute Gasteiger partial charge is 0.306 e. The molecule has 5 heteroatoms. The molecule has 0 saturated heterocycles. The second kappa shape index (κ2) is 6.22. The number of carbonyl (C=O) groups is 2. The molecule has 1 aromatic rings. The number of hydrogen-bond acceptors (Lipinski definition) is 4. The Bertz CT molecular complexity index is 493. The fourth-order valence-corrected chi connectivity index (χ4v) is 1.83. The molecule has 1 rings (SSSR count). The van der Waals surface area contributed by atoms with Crippen LogP contribution in [0.15, 0.2) is 12.1 Å². The lowest BCUT2D eigenvalue weighted by Crippen LogP contribution is -2.16. The lowest BCUT2D eigenvalue weighted by molar-refractivity contribution is -0.141. The van der Waals surface area contributed by atoms with Gasteiger partial charge in [-0.15, -0.1) is 0 Å². The highest BCUT2D eigenvalue weighted by Gasteiger charge is 2.22. The molecule has 1 N–H and O–H groups in total. The van der Waals surface area contributed by atoms with E-state index in [0.29, 0.717) is 22.6 Å². The summed E-state index contributed by atoms with van der Waals surface area (Å²) in [5.41, 5.74) is 1.12. The van der Waals surface area contributed by atoms with Gasteiger partial charge in [-0.2, -0.15) is 0 Å². The third-order valence-electron chi connectivity index (χ3n) is 2.92. The van der Waals surface area contributed by atoms with E-state index >= 15 is 0 Å². The number of carboxylic acids is 1. The van der Waals surface area contributed by atoms with Crippen LogP contribution in [0.4, 0.5) is 0 Å². The molecule has 1 atom stereocenters. The maximum Gasteiger partial charge on any atom is 0.306 e. The largest absolute Gasteiger partial charge is 0.497 e. The van der Waals surface area contributed by atoms with Crippen LogP contribution in [0.2, 0.25) is 0 Å². The molecule has 104 valence electrons. The highest BCUT2D eigenvalue weighted by atomic mass is 16.5. The minimum Gasteiger partial charge on any atom is -0.497 e. The van der Waals surface area contributed by atoms with Gasteiger partial charge in [0.05, 0.1) is 25.7 Å². The maximum absolute atomic E-state index is 12.2. The zero-order valence-corrected chi connectivity index (χ0v) is 11.5. The van der Waals surface area contributed by atoms with Crippen molar-refractivity contribution < 1.29 is 24.2 Å². The summed E-state index contributed by atoms with van der Waals surface area (Å²) in [6.45, 7) is 3.27. The van der Waals surface area contributed by atoms with E-state index in [2.05, 4.69) is 0 Å². The van der Waals surface area contributed by atoms with E-state index in [1.165, 1.54) is 21.1 Å². The van der Waals surface area contributed by atoms with Crippen molar-refractivity contribution in [1.82, 2.24) is 0 Å². The van der Waals surface area contributed by atoms with Gasteiger partial charge in [0.1, 0.15) is 11.5 Å². The number of aliphatic carboxylic acids is 1. The quantitative estimate of drug-likeness (QED) is 0.800. The summed E-state index contributed by atoms with van der Waals surface area (Å²) in [5.74, 6) is -0.958. The van der Waals surface area contributed by atoms with Gasteiger partial charge in [-0.25, -0.2) is 0 Å². The van der Waals surface area contributed by atoms with Crippen LogP contribution in [0.5, 0.6) is 11.5 Å². The Morgan fingerprint density at radius 2 is 1.89 bits per heavy atom. The van der Waals surface area contributed by atoms with Crippen LogP contribution >= 0.6 is 0 Å². The normalized spacial score (nSPS) is 11.8. The Kier molecular flexibility index (Phi) is 4.92. The van der Waals surface area contributed by atoms with E-state index in [-0.39, 0.29) is 12.2 Å². The number of carboxylic acid groups (broad SMARTS) is 1. The molecule has 1 unspecified atom stereocenters. The molecule has 5 nitrogen and oxygen atoms in total. The minimum absolute atomic E-state index is 0.0567. The van der Waals surface area contributed by atoms with Crippen LogP contribution in [0.1, 0.15) is 29.3 Å². The zero-order chi connectivity index (χ0) is 14.6. The van der Waals surface area contributed by atoms with Gasteiger partial charge in [0.15, 0.2) is 5.78 Å². The van der Waals surface area contributed by atoms with Crippen LogP contribution in [-0.2, 0) is 4.79 Å². The standard InChI is InChI=1S/C14H18O5/c1-8-5-10(18-3)7-12(19-4)13(8)11(15)6-9(2)14(16)17/h5,7,9H,6H2,1-4H3,(H,16,17). The van der Waals surface area contributed by atoms with E-state index in [4.69, 9.17) is 14.6 Å². The molecule has 0 radical (unpaired) electrons. The van der Waals surface area contributed by atoms with Crippen LogP contribution in [0.3, 0.4) is 0 Å². The summed E-state index contributed by atoms with van der Waals surface area (Å²) < 4.78 is 10.3. The Morgan fingerprint density at radius 3 is 2.37 bits per heavy atom. The molecule has 1 aromatic carbocycles. The predicted molar refractivity (Wildman–Crippen MR) is 70.0 cm³/mol. The first-order chi connectivity index (χ1) is 8.90. The molecule has 0 aliphatic carbocycles. The number of ketones is 1. The molecular weight excluding hydrogens is 248 g/mol. The van der Waals surface area contributed by atoms with Crippen molar-refractivity contribution in [2.45, 2.75) is 20.3 Å². The number of aryl methyl sites for hydroxylation is 1. The van der Waals surface area contributed by atoms with Crippen molar-refractivity contribution in [2.75, 3.05) is 14.2 Å². The Morgan fingerprint density at radius 1 is 1.26 bits per heavy atom. The van der Waals surface area contributed by atoms with E-state index < -0.39 is 11.9 Å². The SMILES string of the molecule is COc1cc(C)c(C(=O)CC(C)C(=O)O)c(OC)c1. The second-order valence-electron chi connectivity index (χ2n) is 4.39. The minimum atomic E-state index is -0.988. The van der Waals surface area contributed by atoms with Gasteiger partial charge in [-0.3, -0.25) is 9.59 Å². The van der Waals surface area contributed by atoms with Crippen molar-refractivity contribution in [3.05, 3.63) is 23.3 Å². The first kappa shape index (κ1) is 15.0. The van der Waals surface area contributed by atoms with Gasteiger partial charge < -0.3 is 14.6 Å². The Hall–Kier alpha value is -2.04. The highest BCUT2D eigenvalue weighted by Crippen LogP contribution is 2.30. The molecule has 0 aromatic heterocycles.